The van der Waals surface area contributed by atoms with E-state index in [1.54, 1.807) is 48.5 Å². The Kier molecular flexibility index (Phi) is 9.12. The fourth-order valence-electron chi connectivity index (χ4n) is 3.41. The van der Waals surface area contributed by atoms with Crippen molar-refractivity contribution in [3.8, 4) is 23.4 Å². The average Bonchev–Trinajstić information content (AvgIpc) is 2.95. The highest BCUT2D eigenvalue weighted by atomic mass is 32.2. The van der Waals surface area contributed by atoms with Crippen LogP contribution < -0.4 is 23.4 Å². The summed E-state index contributed by atoms with van der Waals surface area (Å²) < 4.78 is 41.7. The molecule has 14 heteroatoms. The number of hydrogen-bond acceptors (Lipinski definition) is 9. The summed E-state index contributed by atoms with van der Waals surface area (Å²) in [7, 11) is 1.33. The van der Waals surface area contributed by atoms with Gasteiger partial charge in [0.05, 0.1) is 5.69 Å². The molecule has 0 spiro atoms. The minimum Gasteiger partial charge on any atom is -0.493 e. The van der Waals surface area contributed by atoms with Gasteiger partial charge in [-0.15, -0.1) is 5.11 Å². The van der Waals surface area contributed by atoms with E-state index in [0.717, 1.165) is 10.1 Å². The van der Waals surface area contributed by atoms with Gasteiger partial charge < -0.3 is 13.5 Å². The molecule has 0 saturated carbocycles. The lowest BCUT2D eigenvalue weighted by Gasteiger charge is -2.09. The van der Waals surface area contributed by atoms with E-state index in [2.05, 4.69) is 19.7 Å². The monoisotopic (exact) mass is 592 g/mol. The number of pyridine rings is 1. The molecule has 2 atom stereocenters. The standard InChI is InChI=1S/C27H24N6O6S2/c1-17-4-6-20(7-5-17)31-40(36)39-23-14-10-21(11-15-23)32-41(37)38-22-12-8-19(9-13-22)29-30-25-18(2)24(16-28)26(34)33(3)27(25)35/h4-15,31-32,34H,1-3H3. The first-order valence-electron chi connectivity index (χ1n) is 11.9. The molecule has 210 valence electrons. The summed E-state index contributed by atoms with van der Waals surface area (Å²) in [6, 6.07) is 21.7. The molecule has 3 aromatic carbocycles. The fraction of sp³-hybridized carbons (Fsp3) is 0.111. The van der Waals surface area contributed by atoms with Crippen molar-refractivity contribution in [1.29, 1.82) is 5.26 Å². The highest BCUT2D eigenvalue weighted by molar-refractivity contribution is 7.82. The van der Waals surface area contributed by atoms with Crippen LogP contribution in [0.25, 0.3) is 0 Å². The lowest BCUT2D eigenvalue weighted by molar-refractivity contribution is 0.421. The normalized spacial score (nSPS) is 12.3. The number of hydrogen-bond donors (Lipinski definition) is 3. The summed E-state index contributed by atoms with van der Waals surface area (Å²) in [6.45, 7) is 3.45. The van der Waals surface area contributed by atoms with Crippen LogP contribution in [0.15, 0.2) is 87.8 Å². The molecule has 0 fully saturated rings. The first kappa shape index (κ1) is 29.0. The van der Waals surface area contributed by atoms with Crippen molar-refractivity contribution in [3.05, 3.63) is 99.8 Å². The second kappa shape index (κ2) is 12.9. The molecule has 4 aromatic rings. The molecule has 0 radical (unpaired) electrons. The van der Waals surface area contributed by atoms with E-state index >= 15 is 0 Å². The summed E-state index contributed by atoms with van der Waals surface area (Å²) in [5, 5.41) is 27.2. The summed E-state index contributed by atoms with van der Waals surface area (Å²) in [5.74, 6) is 0.175. The number of aryl methyl sites for hydroxylation is 1. The molecule has 1 aromatic heterocycles. The zero-order chi connectivity index (χ0) is 29.5. The Hall–Kier alpha value is -5.00. The highest BCUT2D eigenvalue weighted by Crippen LogP contribution is 2.27. The van der Waals surface area contributed by atoms with Gasteiger partial charge in [-0.05, 0) is 74.5 Å². The maximum atomic E-state index is 12.4. The van der Waals surface area contributed by atoms with E-state index in [4.69, 9.17) is 8.37 Å². The molecule has 0 aliphatic carbocycles. The molecule has 4 rings (SSSR count). The van der Waals surface area contributed by atoms with E-state index < -0.39 is 34.0 Å². The number of rotatable bonds is 10. The van der Waals surface area contributed by atoms with E-state index in [-0.39, 0.29) is 22.6 Å². The van der Waals surface area contributed by atoms with Crippen molar-refractivity contribution in [3.63, 3.8) is 0 Å². The van der Waals surface area contributed by atoms with Crippen LogP contribution in [0.5, 0.6) is 17.4 Å². The summed E-state index contributed by atoms with van der Waals surface area (Å²) in [4.78, 5) is 12.4. The fourth-order valence-corrected chi connectivity index (χ4v) is 4.72. The second-order valence-electron chi connectivity index (χ2n) is 8.57. The van der Waals surface area contributed by atoms with E-state index in [1.165, 1.54) is 26.1 Å². The van der Waals surface area contributed by atoms with Gasteiger partial charge in [-0.3, -0.25) is 18.8 Å². The summed E-state index contributed by atoms with van der Waals surface area (Å²) in [5.41, 5.74) is 2.06. The van der Waals surface area contributed by atoms with Gasteiger partial charge in [-0.1, -0.05) is 17.7 Å². The van der Waals surface area contributed by atoms with E-state index in [1.807, 2.05) is 25.1 Å². The molecule has 0 saturated heterocycles. The molecule has 2 unspecified atom stereocenters. The SMILES string of the molecule is Cc1ccc(NS(=O)Oc2ccc(NS(=O)Oc3ccc(N=Nc4c(C)c(C#N)c(O)n(C)c4=O)cc3)cc2)cc1. The molecule has 41 heavy (non-hydrogen) atoms. The predicted octanol–water partition coefficient (Wildman–Crippen LogP) is 5.13. The van der Waals surface area contributed by atoms with Gasteiger partial charge in [0.1, 0.15) is 23.1 Å². The molecular formula is C27H24N6O6S2. The van der Waals surface area contributed by atoms with Gasteiger partial charge in [0.25, 0.3) is 5.56 Å². The molecule has 1 heterocycles. The molecule has 0 aliphatic rings. The van der Waals surface area contributed by atoms with Crippen LogP contribution in [0.1, 0.15) is 16.7 Å². The van der Waals surface area contributed by atoms with Crippen LogP contribution in [-0.2, 0) is 29.6 Å². The predicted molar refractivity (Wildman–Crippen MR) is 156 cm³/mol. The topological polar surface area (TPSA) is 167 Å². The maximum absolute atomic E-state index is 12.4. The number of anilines is 2. The first-order chi connectivity index (χ1) is 19.6. The number of nitrogens with zero attached hydrogens (tertiary/aromatic N) is 4. The van der Waals surface area contributed by atoms with Gasteiger partial charge in [0.15, 0.2) is 5.69 Å². The molecule has 0 bridgehead atoms. The highest BCUT2D eigenvalue weighted by Gasteiger charge is 2.17. The Morgan fingerprint density at radius 1 is 0.829 bits per heavy atom. The number of aromatic nitrogens is 1. The van der Waals surface area contributed by atoms with Crippen molar-refractivity contribution in [2.45, 2.75) is 13.8 Å². The second-order valence-corrected chi connectivity index (χ2v) is 10.3. The number of azo groups is 1. The molecule has 3 N–H and O–H groups in total. The smallest absolute Gasteiger partial charge is 0.316 e. The number of benzene rings is 3. The first-order valence-corrected chi connectivity index (χ1v) is 14.0. The van der Waals surface area contributed by atoms with Crippen molar-refractivity contribution in [2.24, 2.45) is 17.3 Å². The quantitative estimate of drug-likeness (QED) is 0.214. The Morgan fingerprint density at radius 2 is 1.32 bits per heavy atom. The van der Waals surface area contributed by atoms with Crippen molar-refractivity contribution in [1.82, 2.24) is 4.57 Å². The van der Waals surface area contributed by atoms with Gasteiger partial charge in [0, 0.05) is 24.0 Å². The van der Waals surface area contributed by atoms with Crippen LogP contribution in [0.4, 0.5) is 22.7 Å². The number of nitrogens with one attached hydrogen (secondary N) is 2. The van der Waals surface area contributed by atoms with Crippen LogP contribution in [0, 0.1) is 25.2 Å². The minimum atomic E-state index is -1.94. The maximum Gasteiger partial charge on any atom is 0.316 e. The Morgan fingerprint density at radius 3 is 1.83 bits per heavy atom. The van der Waals surface area contributed by atoms with Gasteiger partial charge >= 0.3 is 22.5 Å². The van der Waals surface area contributed by atoms with Gasteiger partial charge in [-0.25, -0.2) is 0 Å². The average molecular weight is 593 g/mol. The van der Waals surface area contributed by atoms with Gasteiger partial charge in [0.2, 0.25) is 5.88 Å². The third kappa shape index (κ3) is 7.35. The largest absolute Gasteiger partial charge is 0.493 e. The van der Waals surface area contributed by atoms with Crippen LogP contribution in [0.2, 0.25) is 0 Å². The zero-order valence-corrected chi connectivity index (χ0v) is 23.7. The van der Waals surface area contributed by atoms with Crippen LogP contribution in [0.3, 0.4) is 0 Å². The van der Waals surface area contributed by atoms with Crippen LogP contribution in [-0.4, -0.2) is 18.1 Å². The Balaban J connectivity index is 1.32. The van der Waals surface area contributed by atoms with Crippen molar-refractivity contribution in [2.75, 3.05) is 9.44 Å². The zero-order valence-electron chi connectivity index (χ0n) is 22.0. The number of nitriles is 1. The third-order valence-electron chi connectivity index (χ3n) is 5.64. The summed E-state index contributed by atoms with van der Waals surface area (Å²) >= 11 is -3.74. The Labute approximate surface area is 240 Å². The van der Waals surface area contributed by atoms with Crippen molar-refractivity contribution >= 4 is 45.3 Å². The number of aromatic hydroxyl groups is 1. The Bertz CT molecular complexity index is 1730. The van der Waals surface area contributed by atoms with Gasteiger partial charge in [-0.2, -0.15) is 18.8 Å². The van der Waals surface area contributed by atoms with E-state index in [9.17, 15) is 23.6 Å². The molecule has 12 nitrogen and oxygen atoms in total. The van der Waals surface area contributed by atoms with Crippen LogP contribution >= 0.6 is 0 Å². The van der Waals surface area contributed by atoms with Crippen molar-refractivity contribution < 1.29 is 21.9 Å². The third-order valence-corrected chi connectivity index (χ3v) is 7.14. The molecule has 0 amide bonds. The minimum absolute atomic E-state index is 0.0629. The lowest BCUT2D eigenvalue weighted by Crippen LogP contribution is -2.18. The molecule has 0 aliphatic heterocycles. The lowest BCUT2D eigenvalue weighted by atomic mass is 10.1. The van der Waals surface area contributed by atoms with E-state index in [0.29, 0.717) is 22.8 Å². The summed E-state index contributed by atoms with van der Waals surface area (Å²) in [6.07, 6.45) is 0. The molecular weight excluding hydrogens is 568 g/mol.